The third-order valence-electron chi connectivity index (χ3n) is 16.1. The quantitative estimate of drug-likeness (QED) is 0.0377. The van der Waals surface area contributed by atoms with Gasteiger partial charge in [-0.3, -0.25) is 4.99 Å². The molecule has 0 bridgehead atoms. The van der Waals surface area contributed by atoms with Crippen molar-refractivity contribution in [3.05, 3.63) is 108 Å². The largest absolute Gasteiger partial charge is 0.494 e. The fraction of sp³-hybridized carbons (Fsp3) is 0.508. The van der Waals surface area contributed by atoms with Gasteiger partial charge in [0.1, 0.15) is 35.3 Å². The minimum absolute atomic E-state index is 0.0374. The molecule has 11 heteroatoms. The highest BCUT2D eigenvalue weighted by Crippen LogP contribution is 2.55. The van der Waals surface area contributed by atoms with Crippen LogP contribution in [0.3, 0.4) is 0 Å². The van der Waals surface area contributed by atoms with Crippen LogP contribution in [0, 0.1) is 17.8 Å². The second-order valence-corrected chi connectivity index (χ2v) is 22.1. The lowest BCUT2D eigenvalue weighted by Gasteiger charge is -2.45. The smallest absolute Gasteiger partial charge is 0.343 e. The second-order valence-electron chi connectivity index (χ2n) is 22.1. The van der Waals surface area contributed by atoms with Crippen molar-refractivity contribution in [3.63, 3.8) is 0 Å². The van der Waals surface area contributed by atoms with E-state index in [1.165, 1.54) is 57.8 Å². The molecule has 1 spiro atoms. The molecule has 0 N–H and O–H groups in total. The Morgan fingerprint density at radius 3 is 2.12 bits per heavy atom. The summed E-state index contributed by atoms with van der Waals surface area (Å²) in [6.07, 6.45) is 19.7. The van der Waals surface area contributed by atoms with Gasteiger partial charge in [-0.15, -0.1) is 0 Å². The first-order valence-electron chi connectivity index (χ1n) is 27.7. The molecule has 4 aliphatic rings. The molecule has 11 nitrogen and oxygen atoms in total. The average molecular weight is 1010 g/mol. The van der Waals surface area contributed by atoms with E-state index in [0.717, 1.165) is 97.2 Å². The molecule has 3 heterocycles. The number of rotatable bonds is 22. The molecular formula is C63H78N2O9. The average Bonchev–Trinajstić information content (AvgIpc) is 3.56. The Bertz CT molecular complexity index is 2710. The number of nitrogens with zero attached hydrogens (tertiary/aromatic N) is 2. The summed E-state index contributed by atoms with van der Waals surface area (Å²) >= 11 is 0. The Labute approximate surface area is 439 Å². The van der Waals surface area contributed by atoms with Crippen molar-refractivity contribution in [1.82, 2.24) is 0 Å². The van der Waals surface area contributed by atoms with Crippen LogP contribution in [-0.4, -0.2) is 69.7 Å². The van der Waals surface area contributed by atoms with Crippen molar-refractivity contribution >= 4 is 40.3 Å². The first-order valence-corrected chi connectivity index (χ1v) is 27.7. The van der Waals surface area contributed by atoms with Crippen LogP contribution in [0.15, 0.2) is 102 Å². The zero-order valence-electron chi connectivity index (χ0n) is 44.7. The van der Waals surface area contributed by atoms with Crippen LogP contribution in [-0.2, 0) is 24.4 Å². The van der Waals surface area contributed by atoms with Crippen LogP contribution >= 0.6 is 0 Å². The number of esters is 2. The fourth-order valence-corrected chi connectivity index (χ4v) is 11.5. The van der Waals surface area contributed by atoms with Crippen molar-refractivity contribution in [3.8, 4) is 34.1 Å². The summed E-state index contributed by atoms with van der Waals surface area (Å²) < 4.78 is 42.5. The van der Waals surface area contributed by atoms with Gasteiger partial charge in [0.05, 0.1) is 29.9 Å². The number of ether oxygens (including phenoxy) is 7. The van der Waals surface area contributed by atoms with Gasteiger partial charge in [0.15, 0.2) is 6.29 Å². The summed E-state index contributed by atoms with van der Waals surface area (Å²) in [5, 5.41) is 1.74. The third-order valence-corrected chi connectivity index (χ3v) is 16.1. The normalized spacial score (nSPS) is 21.9. The maximum absolute atomic E-state index is 13.4. The van der Waals surface area contributed by atoms with E-state index in [2.05, 4.69) is 51.7 Å². The fourth-order valence-electron chi connectivity index (χ4n) is 11.5. The van der Waals surface area contributed by atoms with E-state index >= 15 is 0 Å². The topological polar surface area (TPSA) is 114 Å². The molecule has 2 fully saturated rings. The Morgan fingerprint density at radius 1 is 0.730 bits per heavy atom. The van der Waals surface area contributed by atoms with Crippen LogP contribution in [0.5, 0.6) is 23.0 Å². The van der Waals surface area contributed by atoms with Crippen molar-refractivity contribution in [2.24, 2.45) is 22.7 Å². The lowest BCUT2D eigenvalue weighted by atomic mass is 9.75. The SMILES string of the molecule is CC(C)[C@@H]1CC[C@@H](C)C[C@H]1OCC(=O)Oc1ccc2c(c1)C(C)(C)C1(C=Nc3c(ccc4cc(OC(=O)c5ccc(-c6ccc(OCCCCCCCCCCCOC7CCCCO7)cc6)cc5)ccc34)O1)N2C. The minimum Gasteiger partial charge on any atom is -0.494 e. The monoisotopic (exact) mass is 1010 g/mol. The predicted molar refractivity (Wildman–Crippen MR) is 293 cm³/mol. The van der Waals surface area contributed by atoms with Gasteiger partial charge >= 0.3 is 11.9 Å². The summed E-state index contributed by atoms with van der Waals surface area (Å²) in [7, 11) is 2.00. The molecule has 2 unspecified atom stereocenters. The zero-order valence-corrected chi connectivity index (χ0v) is 44.7. The molecule has 9 rings (SSSR count). The molecule has 394 valence electrons. The van der Waals surface area contributed by atoms with E-state index in [0.29, 0.717) is 46.3 Å². The van der Waals surface area contributed by atoms with Gasteiger partial charge in [-0.1, -0.05) is 102 Å². The lowest BCUT2D eigenvalue weighted by molar-refractivity contribution is -0.162. The molecule has 1 saturated carbocycles. The summed E-state index contributed by atoms with van der Waals surface area (Å²) in [4.78, 5) is 33.7. The second kappa shape index (κ2) is 24.3. The number of carbonyl (C=O) groups is 2. The lowest BCUT2D eigenvalue weighted by Crippen LogP contribution is -2.61. The number of fused-ring (bicyclic) bond motifs is 4. The zero-order chi connectivity index (χ0) is 51.7. The number of hydrogen-bond donors (Lipinski definition) is 0. The highest BCUT2D eigenvalue weighted by molar-refractivity contribution is 6.01. The van der Waals surface area contributed by atoms with Gasteiger partial charge in [0, 0.05) is 31.3 Å². The van der Waals surface area contributed by atoms with Crippen LogP contribution in [0.4, 0.5) is 11.4 Å². The third kappa shape index (κ3) is 12.3. The molecule has 5 atom stereocenters. The Hall–Kier alpha value is -5.75. The van der Waals surface area contributed by atoms with Gasteiger partial charge in [0.25, 0.3) is 0 Å². The van der Waals surface area contributed by atoms with Gasteiger partial charge < -0.3 is 38.1 Å². The van der Waals surface area contributed by atoms with Crippen LogP contribution in [0.2, 0.25) is 0 Å². The standard InChI is InChI=1S/C63H78N2O9/c1-43(2)52-31-19-44(3)38-57(52)71-41-58(66)72-51-30-33-55-54(40-51)62(4,5)63(65(55)6)42-64-60-53-32-29-50(39-48(53)26-34-56(60)74-63)73-61(67)47-22-20-45(21-23-47)46-24-27-49(28-25-46)68-35-15-12-10-8-7-9-11-13-16-36-69-59-18-14-17-37-70-59/h20-30,32-34,39-40,42-44,52,57,59H,7-19,31,35-38,41H2,1-6H3/t44-,52+,57-,59?,63?/m1/s1. The maximum Gasteiger partial charge on any atom is 0.343 e. The number of carbonyl (C=O) groups excluding carboxylic acids is 2. The van der Waals surface area contributed by atoms with E-state index in [9.17, 15) is 9.59 Å². The molecule has 0 amide bonds. The Morgan fingerprint density at radius 2 is 1.41 bits per heavy atom. The number of hydrogen-bond acceptors (Lipinski definition) is 11. The molecule has 74 heavy (non-hydrogen) atoms. The Kier molecular flexibility index (Phi) is 17.4. The number of likely N-dealkylation sites (N-methyl/N-ethyl adjacent to an activating group) is 1. The van der Waals surface area contributed by atoms with Gasteiger partial charge in [0.2, 0.25) is 5.72 Å². The maximum atomic E-state index is 13.4. The summed E-state index contributed by atoms with van der Waals surface area (Å²) in [5.74, 6) is 3.11. The number of anilines is 1. The predicted octanol–water partition coefficient (Wildman–Crippen LogP) is 14.8. The van der Waals surface area contributed by atoms with E-state index in [-0.39, 0.29) is 19.0 Å². The van der Waals surface area contributed by atoms with E-state index in [1.807, 2.05) is 80.0 Å². The van der Waals surface area contributed by atoms with Gasteiger partial charge in [-0.2, -0.15) is 0 Å². The van der Waals surface area contributed by atoms with Crippen molar-refractivity contribution < 1.29 is 42.7 Å². The Balaban J connectivity index is 0.721. The molecular weight excluding hydrogens is 929 g/mol. The summed E-state index contributed by atoms with van der Waals surface area (Å²) in [6.45, 7) is 13.3. The van der Waals surface area contributed by atoms with Crippen molar-refractivity contribution in [2.75, 3.05) is 38.4 Å². The molecule has 1 saturated heterocycles. The number of benzene rings is 5. The highest BCUT2D eigenvalue weighted by atomic mass is 16.7. The molecule has 5 aromatic carbocycles. The van der Waals surface area contributed by atoms with Crippen molar-refractivity contribution in [1.29, 1.82) is 0 Å². The first-order chi connectivity index (χ1) is 35.9. The summed E-state index contributed by atoms with van der Waals surface area (Å²) in [6, 6.07) is 30.8. The first kappa shape index (κ1) is 53.1. The number of unbranched alkanes of at least 4 members (excludes halogenated alkanes) is 8. The highest BCUT2D eigenvalue weighted by Gasteiger charge is 2.59. The minimum atomic E-state index is -0.949. The summed E-state index contributed by atoms with van der Waals surface area (Å²) in [5.41, 5.74) is 3.61. The molecule has 0 radical (unpaired) electrons. The van der Waals surface area contributed by atoms with Crippen molar-refractivity contribution in [2.45, 2.75) is 154 Å². The van der Waals surface area contributed by atoms with Crippen LogP contribution < -0.4 is 23.8 Å². The van der Waals surface area contributed by atoms with Gasteiger partial charge in [-0.25, -0.2) is 9.59 Å². The van der Waals surface area contributed by atoms with E-state index < -0.39 is 23.1 Å². The van der Waals surface area contributed by atoms with Crippen LogP contribution in [0.1, 0.15) is 147 Å². The van der Waals surface area contributed by atoms with Gasteiger partial charge in [-0.05, 0) is 165 Å². The van der Waals surface area contributed by atoms with Crippen LogP contribution in [0.25, 0.3) is 21.9 Å². The number of aliphatic imine (C=N–C) groups is 1. The van der Waals surface area contributed by atoms with E-state index in [4.69, 9.17) is 38.2 Å². The molecule has 1 aliphatic carbocycles. The molecule has 5 aromatic rings. The van der Waals surface area contributed by atoms with E-state index in [1.54, 1.807) is 18.2 Å². The molecule has 0 aromatic heterocycles. The molecule has 3 aliphatic heterocycles.